The van der Waals surface area contributed by atoms with Gasteiger partial charge in [0.2, 0.25) is 5.91 Å². The molecule has 0 heterocycles. The maximum atomic E-state index is 12.8. The molecule has 0 aliphatic heterocycles. The Hall–Kier alpha value is -2.08. The molecule has 0 aromatic carbocycles. The van der Waals surface area contributed by atoms with Crippen molar-refractivity contribution in [1.29, 1.82) is 0 Å². The Morgan fingerprint density at radius 2 is 2.04 bits per heavy atom. The Labute approximate surface area is 156 Å². The molecule has 0 bridgehead atoms. The van der Waals surface area contributed by atoms with Crippen molar-refractivity contribution < 1.29 is 9.53 Å². The van der Waals surface area contributed by atoms with Crippen LogP contribution >= 0.6 is 0 Å². The highest BCUT2D eigenvalue weighted by Gasteiger charge is 2.32. The van der Waals surface area contributed by atoms with Crippen LogP contribution in [0.3, 0.4) is 0 Å². The molecule has 26 heavy (non-hydrogen) atoms. The molecule has 0 saturated carbocycles. The monoisotopic (exact) mass is 361 g/mol. The van der Waals surface area contributed by atoms with Crippen LogP contribution < -0.4 is 11.1 Å². The number of azide groups is 1. The fraction of sp³-hybridized carbons (Fsp3) is 0.632. The first kappa shape index (κ1) is 22.0. The van der Waals surface area contributed by atoms with E-state index in [1.807, 2.05) is 34.6 Å². The van der Waals surface area contributed by atoms with Gasteiger partial charge in [0.1, 0.15) is 0 Å². The number of carbonyl (C=O) groups is 1. The summed E-state index contributed by atoms with van der Waals surface area (Å²) in [6, 6.07) is 0. The van der Waals surface area contributed by atoms with E-state index in [4.69, 9.17) is 16.0 Å². The lowest BCUT2D eigenvalue weighted by Crippen LogP contribution is -2.49. The molecule has 7 nitrogen and oxygen atoms in total. The Balaban J connectivity index is 2.67. The first-order chi connectivity index (χ1) is 12.0. The summed E-state index contributed by atoms with van der Waals surface area (Å²) in [5.74, 6) is -0.119. The average molecular weight is 361 g/mol. The van der Waals surface area contributed by atoms with E-state index in [0.717, 1.165) is 6.42 Å². The fourth-order valence-electron chi connectivity index (χ4n) is 2.49. The molecule has 0 spiro atoms. The number of nitrogens with one attached hydrogen (secondary N) is 1. The predicted molar refractivity (Wildman–Crippen MR) is 104 cm³/mol. The summed E-state index contributed by atoms with van der Waals surface area (Å²) < 4.78 is 5.90. The number of carbonyl (C=O) groups excluding carboxylic acids is 1. The van der Waals surface area contributed by atoms with Gasteiger partial charge in [-0.1, -0.05) is 35.5 Å². The van der Waals surface area contributed by atoms with Crippen molar-refractivity contribution in [3.05, 3.63) is 46.5 Å². The van der Waals surface area contributed by atoms with Crippen molar-refractivity contribution in [2.24, 2.45) is 16.3 Å². The Bertz CT molecular complexity index is 642. The van der Waals surface area contributed by atoms with Crippen LogP contribution in [0.2, 0.25) is 0 Å². The Morgan fingerprint density at radius 1 is 1.35 bits per heavy atom. The van der Waals surface area contributed by atoms with E-state index in [0.29, 0.717) is 25.3 Å². The topological polar surface area (TPSA) is 113 Å². The fourth-order valence-corrected chi connectivity index (χ4v) is 2.49. The van der Waals surface area contributed by atoms with Crippen LogP contribution in [0.5, 0.6) is 0 Å². The molecule has 0 radical (unpaired) electrons. The first-order valence-electron chi connectivity index (χ1n) is 8.84. The second-order valence-electron chi connectivity index (χ2n) is 7.99. The molecule has 144 valence electrons. The van der Waals surface area contributed by atoms with Crippen molar-refractivity contribution in [3.8, 4) is 0 Å². The van der Waals surface area contributed by atoms with E-state index < -0.39 is 11.0 Å². The lowest BCUT2D eigenvalue weighted by atomic mass is 9.87. The molecule has 0 aromatic rings. The predicted octanol–water partition coefficient (Wildman–Crippen LogP) is 3.74. The van der Waals surface area contributed by atoms with Crippen LogP contribution in [0.1, 0.15) is 47.5 Å². The van der Waals surface area contributed by atoms with Crippen LogP contribution in [0, 0.1) is 5.41 Å². The molecule has 0 fully saturated rings. The van der Waals surface area contributed by atoms with E-state index in [1.54, 1.807) is 30.4 Å². The van der Waals surface area contributed by atoms with Gasteiger partial charge in [0, 0.05) is 22.8 Å². The summed E-state index contributed by atoms with van der Waals surface area (Å²) in [4.78, 5) is 15.6. The van der Waals surface area contributed by atoms with Crippen molar-refractivity contribution >= 4 is 5.91 Å². The van der Waals surface area contributed by atoms with Gasteiger partial charge >= 0.3 is 0 Å². The zero-order chi connectivity index (χ0) is 19.8. The van der Waals surface area contributed by atoms with E-state index in [2.05, 4.69) is 15.3 Å². The van der Waals surface area contributed by atoms with Crippen molar-refractivity contribution in [2.45, 2.75) is 58.6 Å². The van der Waals surface area contributed by atoms with Gasteiger partial charge in [0.25, 0.3) is 0 Å². The van der Waals surface area contributed by atoms with Gasteiger partial charge in [-0.05, 0) is 59.5 Å². The minimum Gasteiger partial charge on any atom is -0.375 e. The van der Waals surface area contributed by atoms with Gasteiger partial charge in [-0.3, -0.25) is 4.79 Å². The van der Waals surface area contributed by atoms with Gasteiger partial charge < -0.3 is 15.8 Å². The zero-order valence-corrected chi connectivity index (χ0v) is 16.5. The van der Waals surface area contributed by atoms with Crippen LogP contribution in [0.25, 0.3) is 10.4 Å². The highest BCUT2D eigenvalue weighted by atomic mass is 16.5. The summed E-state index contributed by atoms with van der Waals surface area (Å²) in [6.45, 7) is 10.9. The van der Waals surface area contributed by atoms with E-state index in [9.17, 15) is 4.79 Å². The van der Waals surface area contributed by atoms with Gasteiger partial charge in [0.15, 0.2) is 0 Å². The Morgan fingerprint density at radius 3 is 2.65 bits per heavy atom. The number of nitrogens with zero attached hydrogens (tertiary/aromatic N) is 3. The molecule has 1 aliphatic rings. The van der Waals surface area contributed by atoms with Gasteiger partial charge in [0.05, 0.1) is 11.0 Å². The first-order valence-corrected chi connectivity index (χ1v) is 8.84. The SMILES string of the molecule is CC(C)(CCOC(C)(C)CCN)NC(=O)C1(C)C=CC=C(N=[N+]=[N-])C=C1. The lowest BCUT2D eigenvalue weighted by Gasteiger charge is -2.33. The maximum Gasteiger partial charge on any atom is 0.234 e. The molecule has 1 rings (SSSR count). The van der Waals surface area contributed by atoms with Crippen molar-refractivity contribution in [2.75, 3.05) is 13.2 Å². The van der Waals surface area contributed by atoms with Crippen molar-refractivity contribution in [3.63, 3.8) is 0 Å². The summed E-state index contributed by atoms with van der Waals surface area (Å²) in [6.07, 6.45) is 10.1. The standard InChI is InChI=1S/C19H31N5O2/c1-17(2,12-14-26-18(3,4)11-13-20)22-16(25)19(5)9-6-7-15(8-10-19)23-24-21/h6-10H,11-14,20H2,1-5H3,(H,22,25). The number of amides is 1. The van der Waals surface area contributed by atoms with Gasteiger partial charge in [-0.2, -0.15) is 0 Å². The third-order valence-corrected chi connectivity index (χ3v) is 4.38. The molecule has 1 aliphatic carbocycles. The van der Waals surface area contributed by atoms with E-state index in [1.165, 1.54) is 0 Å². The summed E-state index contributed by atoms with van der Waals surface area (Å²) in [5, 5.41) is 6.65. The van der Waals surface area contributed by atoms with Crippen LogP contribution in [0.15, 0.2) is 41.2 Å². The highest BCUT2D eigenvalue weighted by Crippen LogP contribution is 2.26. The third-order valence-electron chi connectivity index (χ3n) is 4.38. The maximum absolute atomic E-state index is 12.8. The number of ether oxygens (including phenoxy) is 1. The molecule has 7 heteroatoms. The highest BCUT2D eigenvalue weighted by molar-refractivity contribution is 5.87. The minimum absolute atomic E-state index is 0.119. The number of hydrogen-bond donors (Lipinski definition) is 2. The van der Waals surface area contributed by atoms with Crippen molar-refractivity contribution in [1.82, 2.24) is 5.32 Å². The van der Waals surface area contributed by atoms with Crippen LogP contribution in [-0.4, -0.2) is 30.2 Å². The minimum atomic E-state index is -0.819. The molecule has 0 saturated heterocycles. The summed E-state index contributed by atoms with van der Waals surface area (Å²) in [7, 11) is 0. The molecule has 1 amide bonds. The second kappa shape index (κ2) is 9.03. The second-order valence-corrected chi connectivity index (χ2v) is 7.99. The lowest BCUT2D eigenvalue weighted by molar-refractivity contribution is -0.128. The molecule has 1 unspecified atom stereocenters. The van der Waals surface area contributed by atoms with Crippen LogP contribution in [-0.2, 0) is 9.53 Å². The van der Waals surface area contributed by atoms with Gasteiger partial charge in [-0.25, -0.2) is 0 Å². The van der Waals surface area contributed by atoms with E-state index >= 15 is 0 Å². The number of nitrogens with two attached hydrogens (primary N) is 1. The number of allylic oxidation sites excluding steroid dienone is 3. The quantitative estimate of drug-likeness (QED) is 0.370. The number of hydrogen-bond acceptors (Lipinski definition) is 4. The smallest absolute Gasteiger partial charge is 0.234 e. The number of rotatable bonds is 9. The summed E-state index contributed by atoms with van der Waals surface area (Å²) in [5.41, 5.74) is 13.1. The molecule has 0 aromatic heterocycles. The Kier molecular flexibility index (Phi) is 7.63. The molecule has 3 N–H and O–H groups in total. The average Bonchev–Trinajstić information content (AvgIpc) is 2.70. The molecule has 1 atom stereocenters. The summed E-state index contributed by atoms with van der Waals surface area (Å²) >= 11 is 0. The van der Waals surface area contributed by atoms with Gasteiger partial charge in [-0.15, -0.1) is 0 Å². The molecular formula is C19H31N5O2. The van der Waals surface area contributed by atoms with Crippen LogP contribution in [0.4, 0.5) is 0 Å². The molecular weight excluding hydrogens is 330 g/mol. The normalized spacial score (nSPS) is 20.2. The van der Waals surface area contributed by atoms with E-state index in [-0.39, 0.29) is 11.5 Å². The largest absolute Gasteiger partial charge is 0.375 e. The third kappa shape index (κ3) is 7.04. The zero-order valence-electron chi connectivity index (χ0n) is 16.5.